The van der Waals surface area contributed by atoms with E-state index in [1.807, 2.05) is 18.2 Å². The van der Waals surface area contributed by atoms with Gasteiger partial charge in [0.25, 0.3) is 0 Å². The number of pyridine rings is 1. The molecular formula is C14H15ClN2. The van der Waals surface area contributed by atoms with Gasteiger partial charge in [-0.2, -0.15) is 0 Å². The van der Waals surface area contributed by atoms with Gasteiger partial charge in [0.15, 0.2) is 0 Å². The monoisotopic (exact) mass is 246 g/mol. The summed E-state index contributed by atoms with van der Waals surface area (Å²) in [7, 11) is 2.08. The molecule has 0 aliphatic carbocycles. The Morgan fingerprint density at radius 2 is 1.76 bits per heavy atom. The first-order valence-electron chi connectivity index (χ1n) is 5.58. The third-order valence-electron chi connectivity index (χ3n) is 2.50. The molecule has 88 valence electrons. The third kappa shape index (κ3) is 3.84. The SMILES string of the molecule is CN(Cc1ccccc1)Cc1cccc(Cl)n1. The molecule has 0 fully saturated rings. The fourth-order valence-electron chi connectivity index (χ4n) is 1.77. The van der Waals surface area contributed by atoms with Gasteiger partial charge in [-0.05, 0) is 24.7 Å². The summed E-state index contributed by atoms with van der Waals surface area (Å²) >= 11 is 5.86. The minimum atomic E-state index is 0.551. The van der Waals surface area contributed by atoms with E-state index in [1.54, 1.807) is 6.07 Å². The number of nitrogens with zero attached hydrogens (tertiary/aromatic N) is 2. The summed E-state index contributed by atoms with van der Waals surface area (Å²) in [4.78, 5) is 6.49. The van der Waals surface area contributed by atoms with E-state index in [9.17, 15) is 0 Å². The van der Waals surface area contributed by atoms with Crippen LogP contribution in [-0.2, 0) is 13.1 Å². The van der Waals surface area contributed by atoms with Crippen LogP contribution in [0, 0.1) is 0 Å². The van der Waals surface area contributed by atoms with Crippen LogP contribution in [0.3, 0.4) is 0 Å². The van der Waals surface area contributed by atoms with Gasteiger partial charge in [-0.1, -0.05) is 48.0 Å². The predicted octanol–water partition coefficient (Wildman–Crippen LogP) is 3.37. The first-order chi connectivity index (χ1) is 8.24. The van der Waals surface area contributed by atoms with Gasteiger partial charge in [0.05, 0.1) is 5.69 Å². The van der Waals surface area contributed by atoms with Crippen molar-refractivity contribution in [1.29, 1.82) is 0 Å². The lowest BCUT2D eigenvalue weighted by Gasteiger charge is -2.16. The number of halogens is 1. The third-order valence-corrected chi connectivity index (χ3v) is 2.71. The van der Waals surface area contributed by atoms with Gasteiger partial charge in [-0.25, -0.2) is 4.98 Å². The number of rotatable bonds is 4. The average molecular weight is 247 g/mol. The van der Waals surface area contributed by atoms with Crippen molar-refractivity contribution in [2.24, 2.45) is 0 Å². The maximum Gasteiger partial charge on any atom is 0.129 e. The van der Waals surface area contributed by atoms with Gasteiger partial charge in [0.1, 0.15) is 5.15 Å². The zero-order chi connectivity index (χ0) is 12.1. The van der Waals surface area contributed by atoms with Gasteiger partial charge in [0, 0.05) is 13.1 Å². The number of hydrogen-bond donors (Lipinski definition) is 0. The summed E-state index contributed by atoms with van der Waals surface area (Å²) in [5.74, 6) is 0. The lowest BCUT2D eigenvalue weighted by molar-refractivity contribution is 0.315. The summed E-state index contributed by atoms with van der Waals surface area (Å²) in [5.41, 5.74) is 2.30. The average Bonchev–Trinajstić information content (AvgIpc) is 2.30. The minimum absolute atomic E-state index is 0.551. The van der Waals surface area contributed by atoms with Crippen molar-refractivity contribution >= 4 is 11.6 Å². The molecule has 0 saturated heterocycles. The molecule has 3 heteroatoms. The van der Waals surface area contributed by atoms with Crippen molar-refractivity contribution in [3.8, 4) is 0 Å². The molecule has 0 N–H and O–H groups in total. The van der Waals surface area contributed by atoms with Crippen molar-refractivity contribution in [2.45, 2.75) is 13.1 Å². The summed E-state index contributed by atoms with van der Waals surface area (Å²) in [5, 5.41) is 0.551. The van der Waals surface area contributed by atoms with E-state index in [2.05, 4.69) is 41.2 Å². The zero-order valence-corrected chi connectivity index (χ0v) is 10.6. The van der Waals surface area contributed by atoms with Crippen LogP contribution in [-0.4, -0.2) is 16.9 Å². The molecule has 0 spiro atoms. The molecule has 0 bridgehead atoms. The van der Waals surface area contributed by atoms with Crippen molar-refractivity contribution in [3.63, 3.8) is 0 Å². The molecular weight excluding hydrogens is 232 g/mol. The molecule has 0 amide bonds. The Morgan fingerprint density at radius 3 is 2.47 bits per heavy atom. The Kier molecular flexibility index (Phi) is 4.13. The van der Waals surface area contributed by atoms with Crippen LogP contribution in [0.2, 0.25) is 5.15 Å². The first kappa shape index (κ1) is 12.1. The van der Waals surface area contributed by atoms with E-state index in [0.717, 1.165) is 18.8 Å². The molecule has 2 aromatic rings. The molecule has 0 atom stereocenters. The van der Waals surface area contributed by atoms with Crippen LogP contribution in [0.15, 0.2) is 48.5 Å². The fraction of sp³-hybridized carbons (Fsp3) is 0.214. The molecule has 1 heterocycles. The maximum atomic E-state index is 5.86. The van der Waals surface area contributed by atoms with E-state index in [-0.39, 0.29) is 0 Å². The molecule has 2 nitrogen and oxygen atoms in total. The Bertz CT molecular complexity index is 471. The molecule has 1 aromatic carbocycles. The Balaban J connectivity index is 1.96. The van der Waals surface area contributed by atoms with Gasteiger partial charge in [-0.15, -0.1) is 0 Å². The number of benzene rings is 1. The Hall–Kier alpha value is -1.38. The normalized spacial score (nSPS) is 10.8. The fourth-order valence-corrected chi connectivity index (χ4v) is 1.95. The predicted molar refractivity (Wildman–Crippen MR) is 70.9 cm³/mol. The summed E-state index contributed by atoms with van der Waals surface area (Å²) in [6.07, 6.45) is 0. The summed E-state index contributed by atoms with van der Waals surface area (Å²) in [6, 6.07) is 16.1. The highest BCUT2D eigenvalue weighted by Gasteiger charge is 2.02. The summed E-state index contributed by atoms with van der Waals surface area (Å²) < 4.78 is 0. The lowest BCUT2D eigenvalue weighted by atomic mass is 10.2. The molecule has 0 radical (unpaired) electrons. The van der Waals surface area contributed by atoms with Crippen LogP contribution in [0.25, 0.3) is 0 Å². The van der Waals surface area contributed by atoms with Gasteiger partial charge in [0.2, 0.25) is 0 Å². The second-order valence-electron chi connectivity index (χ2n) is 4.11. The smallest absolute Gasteiger partial charge is 0.129 e. The van der Waals surface area contributed by atoms with E-state index >= 15 is 0 Å². The largest absolute Gasteiger partial charge is 0.296 e. The van der Waals surface area contributed by atoms with Crippen molar-refractivity contribution in [2.75, 3.05) is 7.05 Å². The lowest BCUT2D eigenvalue weighted by Crippen LogP contribution is -2.17. The van der Waals surface area contributed by atoms with Crippen LogP contribution in [0.5, 0.6) is 0 Å². The topological polar surface area (TPSA) is 16.1 Å². The number of aromatic nitrogens is 1. The van der Waals surface area contributed by atoms with Crippen molar-refractivity contribution in [1.82, 2.24) is 9.88 Å². The van der Waals surface area contributed by atoms with E-state index in [0.29, 0.717) is 5.15 Å². The highest BCUT2D eigenvalue weighted by molar-refractivity contribution is 6.29. The number of hydrogen-bond acceptors (Lipinski definition) is 2. The molecule has 17 heavy (non-hydrogen) atoms. The van der Waals surface area contributed by atoms with E-state index in [1.165, 1.54) is 5.56 Å². The van der Waals surface area contributed by atoms with Gasteiger partial charge in [-0.3, -0.25) is 4.90 Å². The Morgan fingerprint density at radius 1 is 1.00 bits per heavy atom. The van der Waals surface area contributed by atoms with Crippen molar-refractivity contribution in [3.05, 3.63) is 64.9 Å². The molecule has 0 saturated carbocycles. The molecule has 1 aromatic heterocycles. The van der Waals surface area contributed by atoms with Crippen LogP contribution in [0.4, 0.5) is 0 Å². The quantitative estimate of drug-likeness (QED) is 0.769. The highest BCUT2D eigenvalue weighted by atomic mass is 35.5. The molecule has 2 rings (SSSR count). The second-order valence-corrected chi connectivity index (χ2v) is 4.50. The van der Waals surface area contributed by atoms with Gasteiger partial charge >= 0.3 is 0 Å². The van der Waals surface area contributed by atoms with Crippen LogP contribution < -0.4 is 0 Å². The second kappa shape index (κ2) is 5.80. The minimum Gasteiger partial charge on any atom is -0.296 e. The van der Waals surface area contributed by atoms with Crippen molar-refractivity contribution < 1.29 is 0 Å². The standard InChI is InChI=1S/C14H15ClN2/c1-17(10-12-6-3-2-4-7-12)11-13-8-5-9-14(15)16-13/h2-9H,10-11H2,1H3. The van der Waals surface area contributed by atoms with Crippen LogP contribution in [0.1, 0.15) is 11.3 Å². The Labute approximate surface area is 107 Å². The molecule has 0 unspecified atom stereocenters. The zero-order valence-electron chi connectivity index (χ0n) is 9.81. The highest BCUT2D eigenvalue weighted by Crippen LogP contribution is 2.09. The van der Waals surface area contributed by atoms with Gasteiger partial charge < -0.3 is 0 Å². The summed E-state index contributed by atoms with van der Waals surface area (Å²) in [6.45, 7) is 1.71. The molecule has 0 aliphatic rings. The maximum absolute atomic E-state index is 5.86. The first-order valence-corrected chi connectivity index (χ1v) is 5.96. The van der Waals surface area contributed by atoms with E-state index < -0.39 is 0 Å². The molecule has 0 aliphatic heterocycles. The van der Waals surface area contributed by atoms with Crippen LogP contribution >= 0.6 is 11.6 Å². The van der Waals surface area contributed by atoms with E-state index in [4.69, 9.17) is 11.6 Å².